The van der Waals surface area contributed by atoms with E-state index < -0.39 is 29.1 Å². The van der Waals surface area contributed by atoms with Gasteiger partial charge in [0.05, 0.1) is 18.1 Å². The van der Waals surface area contributed by atoms with E-state index in [2.05, 4.69) is 4.72 Å². The fourth-order valence-corrected chi connectivity index (χ4v) is 4.60. The number of hydrogen-bond donors (Lipinski definition) is 1. The molecule has 0 unspecified atom stereocenters. The first-order chi connectivity index (χ1) is 16.2. The molecule has 10 nitrogen and oxygen atoms in total. The topological polar surface area (TPSA) is 122 Å². The number of benzene rings is 1. The fourth-order valence-electron chi connectivity index (χ4n) is 3.62. The second-order valence-electron chi connectivity index (χ2n) is 7.85. The van der Waals surface area contributed by atoms with Gasteiger partial charge < -0.3 is 23.5 Å². The van der Waals surface area contributed by atoms with Crippen LogP contribution in [0.15, 0.2) is 29.2 Å². The second kappa shape index (κ2) is 11.5. The van der Waals surface area contributed by atoms with Crippen molar-refractivity contribution in [3.05, 3.63) is 41.2 Å². The summed E-state index contributed by atoms with van der Waals surface area (Å²) in [6.45, 7) is 4.86. The minimum absolute atomic E-state index is 0.0680. The maximum absolute atomic E-state index is 12.6. The number of fused-ring (bicyclic) bond motifs is 1. The number of esters is 1. The lowest BCUT2D eigenvalue weighted by molar-refractivity contribution is -0.141. The average Bonchev–Trinajstić information content (AvgIpc) is 2.97. The van der Waals surface area contributed by atoms with Gasteiger partial charge in [-0.05, 0) is 38.5 Å². The molecule has 1 aliphatic heterocycles. The first kappa shape index (κ1) is 25.7. The van der Waals surface area contributed by atoms with E-state index in [9.17, 15) is 18.0 Å². The maximum atomic E-state index is 12.6. The summed E-state index contributed by atoms with van der Waals surface area (Å²) in [5.74, 6) is -0.425. The van der Waals surface area contributed by atoms with E-state index in [4.69, 9.17) is 18.9 Å². The van der Waals surface area contributed by atoms with E-state index in [-0.39, 0.29) is 10.7 Å². The van der Waals surface area contributed by atoms with E-state index in [0.717, 1.165) is 17.8 Å². The van der Waals surface area contributed by atoms with Crippen LogP contribution in [0.3, 0.4) is 0 Å². The number of nitrogens with one attached hydrogen (secondary N) is 1. The molecule has 0 radical (unpaired) electrons. The average molecular weight is 495 g/mol. The number of carbonyl (C=O) groups is 2. The van der Waals surface area contributed by atoms with Crippen LogP contribution < -0.4 is 14.2 Å². The van der Waals surface area contributed by atoms with Crippen LogP contribution in [-0.2, 0) is 30.8 Å². The van der Waals surface area contributed by atoms with Gasteiger partial charge in [-0.1, -0.05) is 0 Å². The highest BCUT2D eigenvalue weighted by atomic mass is 32.2. The standard InChI is InChI=1S/C23H30N2O8S/c1-16-12-19(17(2)25(16)8-4-9-30-3)20(26)15-33-23(27)14-24-34(28,29)18-6-7-21-22(13-18)32-11-5-10-31-21/h6-7,12-13,24H,4-5,8-11,14-15H2,1-3H3. The van der Waals surface area contributed by atoms with Gasteiger partial charge in [0.2, 0.25) is 15.8 Å². The van der Waals surface area contributed by atoms with E-state index in [0.29, 0.717) is 49.8 Å². The largest absolute Gasteiger partial charge is 0.490 e. The Labute approximate surface area is 199 Å². The summed E-state index contributed by atoms with van der Waals surface area (Å²) in [4.78, 5) is 24.6. The number of ketones is 1. The van der Waals surface area contributed by atoms with Crippen LogP contribution in [0, 0.1) is 13.8 Å². The van der Waals surface area contributed by atoms with Crippen molar-refractivity contribution in [1.82, 2.24) is 9.29 Å². The third kappa shape index (κ3) is 6.37. The number of rotatable bonds is 11. The molecule has 11 heteroatoms. The number of sulfonamides is 1. The quantitative estimate of drug-likeness (QED) is 0.286. The number of nitrogens with zero attached hydrogens (tertiary/aromatic N) is 1. The Kier molecular flexibility index (Phi) is 8.70. The minimum atomic E-state index is -4.00. The molecule has 2 aromatic rings. The zero-order valence-corrected chi connectivity index (χ0v) is 20.4. The minimum Gasteiger partial charge on any atom is -0.490 e. The number of carbonyl (C=O) groups excluding carboxylic acids is 2. The molecule has 1 N–H and O–H groups in total. The van der Waals surface area contributed by atoms with Gasteiger partial charge >= 0.3 is 5.97 Å². The zero-order valence-electron chi connectivity index (χ0n) is 19.6. The molecular formula is C23H30N2O8S. The van der Waals surface area contributed by atoms with Crippen molar-refractivity contribution < 1.29 is 37.0 Å². The van der Waals surface area contributed by atoms with E-state index in [1.807, 2.05) is 18.4 Å². The summed E-state index contributed by atoms with van der Waals surface area (Å²) in [6, 6.07) is 5.98. The van der Waals surface area contributed by atoms with Gasteiger partial charge in [0.1, 0.15) is 6.54 Å². The Balaban J connectivity index is 1.54. The van der Waals surface area contributed by atoms with Crippen LogP contribution >= 0.6 is 0 Å². The van der Waals surface area contributed by atoms with Gasteiger partial charge in [-0.25, -0.2) is 8.42 Å². The number of aromatic nitrogens is 1. The molecule has 0 saturated heterocycles. The summed E-state index contributed by atoms with van der Waals surface area (Å²) in [7, 11) is -2.36. The molecule has 0 aliphatic carbocycles. The molecule has 0 amide bonds. The van der Waals surface area contributed by atoms with Gasteiger partial charge in [-0.15, -0.1) is 0 Å². The molecule has 34 heavy (non-hydrogen) atoms. The maximum Gasteiger partial charge on any atom is 0.321 e. The third-order valence-electron chi connectivity index (χ3n) is 5.40. The van der Waals surface area contributed by atoms with E-state index in [1.54, 1.807) is 13.2 Å². The number of aryl methyl sites for hydroxylation is 1. The number of ether oxygens (including phenoxy) is 4. The molecule has 0 fully saturated rings. The predicted molar refractivity (Wildman–Crippen MR) is 123 cm³/mol. The van der Waals surface area contributed by atoms with Crippen molar-refractivity contribution in [3.63, 3.8) is 0 Å². The Morgan fingerprint density at radius 2 is 1.85 bits per heavy atom. The Morgan fingerprint density at radius 3 is 2.59 bits per heavy atom. The van der Waals surface area contributed by atoms with Crippen LogP contribution in [0.25, 0.3) is 0 Å². The van der Waals surface area contributed by atoms with Crippen molar-refractivity contribution in [2.75, 3.05) is 40.1 Å². The number of hydrogen-bond acceptors (Lipinski definition) is 8. The lowest BCUT2D eigenvalue weighted by Gasteiger charge is -2.11. The lowest BCUT2D eigenvalue weighted by Crippen LogP contribution is -2.31. The van der Waals surface area contributed by atoms with E-state index >= 15 is 0 Å². The second-order valence-corrected chi connectivity index (χ2v) is 9.62. The van der Waals surface area contributed by atoms with Crippen LogP contribution in [-0.4, -0.2) is 64.8 Å². The van der Waals surface area contributed by atoms with Crippen molar-refractivity contribution in [1.29, 1.82) is 0 Å². The van der Waals surface area contributed by atoms with Gasteiger partial charge in [0.15, 0.2) is 18.1 Å². The van der Waals surface area contributed by atoms with Crippen molar-refractivity contribution in [2.24, 2.45) is 0 Å². The summed E-state index contributed by atoms with van der Waals surface area (Å²) in [5.41, 5.74) is 2.17. The molecule has 3 rings (SSSR count). The van der Waals surface area contributed by atoms with Crippen molar-refractivity contribution in [3.8, 4) is 11.5 Å². The highest BCUT2D eigenvalue weighted by molar-refractivity contribution is 7.89. The molecule has 0 spiro atoms. The lowest BCUT2D eigenvalue weighted by atomic mass is 10.1. The molecule has 0 atom stereocenters. The highest BCUT2D eigenvalue weighted by Gasteiger charge is 2.21. The monoisotopic (exact) mass is 494 g/mol. The molecular weight excluding hydrogens is 464 g/mol. The number of Topliss-reactive ketones (excluding diaryl/α,β-unsaturated/α-hetero) is 1. The molecule has 1 aliphatic rings. The summed E-state index contributed by atoms with van der Waals surface area (Å²) >= 11 is 0. The molecule has 0 bridgehead atoms. The number of methoxy groups -OCH3 is 1. The van der Waals surface area contributed by atoms with Crippen LogP contribution in [0.4, 0.5) is 0 Å². The SMILES string of the molecule is COCCCn1c(C)cc(C(=O)COC(=O)CNS(=O)(=O)c2ccc3c(c2)OCCCO3)c1C. The van der Waals surface area contributed by atoms with Crippen LogP contribution in [0.2, 0.25) is 0 Å². The van der Waals surface area contributed by atoms with Crippen molar-refractivity contribution in [2.45, 2.75) is 38.1 Å². The molecule has 0 saturated carbocycles. The summed E-state index contributed by atoms with van der Waals surface area (Å²) in [5, 5.41) is 0. The summed E-state index contributed by atoms with van der Waals surface area (Å²) < 4.78 is 50.4. The van der Waals surface area contributed by atoms with E-state index in [1.165, 1.54) is 18.2 Å². The van der Waals surface area contributed by atoms with Gasteiger partial charge in [0.25, 0.3) is 0 Å². The van der Waals surface area contributed by atoms with Gasteiger partial charge in [0, 0.05) is 49.7 Å². The van der Waals surface area contributed by atoms with Crippen LogP contribution in [0.5, 0.6) is 11.5 Å². The Bertz CT molecular complexity index is 1140. The first-order valence-corrected chi connectivity index (χ1v) is 12.4. The van der Waals surface area contributed by atoms with Crippen LogP contribution in [0.1, 0.15) is 34.6 Å². The normalized spacial score (nSPS) is 13.4. The van der Waals surface area contributed by atoms with Gasteiger partial charge in [-0.2, -0.15) is 4.72 Å². The fraction of sp³-hybridized carbons (Fsp3) is 0.478. The first-order valence-electron chi connectivity index (χ1n) is 11.0. The van der Waals surface area contributed by atoms with Crippen molar-refractivity contribution >= 4 is 21.8 Å². The highest BCUT2D eigenvalue weighted by Crippen LogP contribution is 2.31. The Hall–Kier alpha value is -2.89. The Morgan fingerprint density at radius 1 is 1.12 bits per heavy atom. The zero-order chi connectivity index (χ0) is 24.7. The molecule has 2 heterocycles. The third-order valence-corrected chi connectivity index (χ3v) is 6.80. The predicted octanol–water partition coefficient (Wildman–Crippen LogP) is 2.01. The smallest absolute Gasteiger partial charge is 0.321 e. The molecule has 1 aromatic carbocycles. The van der Waals surface area contributed by atoms with Gasteiger partial charge in [-0.3, -0.25) is 9.59 Å². The summed E-state index contributed by atoms with van der Waals surface area (Å²) in [6.07, 6.45) is 1.50. The molecule has 186 valence electrons. The molecule has 1 aromatic heterocycles.